The Morgan fingerprint density at radius 1 is 0.850 bits per heavy atom. The van der Waals surface area contributed by atoms with Gasteiger partial charge in [-0.15, -0.1) is 0 Å². The third kappa shape index (κ3) is 4.67. The van der Waals surface area contributed by atoms with E-state index in [-0.39, 0.29) is 17.5 Å². The number of hydrogen-bond donors (Lipinski definition) is 2. The maximum atomic E-state index is 14.4. The molecule has 8 nitrogen and oxygen atoms in total. The number of nitrogens with two attached hydrogens (primary N) is 1. The van der Waals surface area contributed by atoms with Crippen molar-refractivity contribution < 1.29 is 0 Å². The molecule has 6 aromatic rings. The molecule has 0 amide bonds. The maximum absolute atomic E-state index is 14.4. The van der Waals surface area contributed by atoms with Crippen LogP contribution in [0.3, 0.4) is 0 Å². The quantitative estimate of drug-likeness (QED) is 0.276. The lowest BCUT2D eigenvalue weighted by molar-refractivity contribution is 0.773. The zero-order chi connectivity index (χ0) is 27.6. The first-order chi connectivity index (χ1) is 19.5. The van der Waals surface area contributed by atoms with Crippen molar-refractivity contribution in [3.8, 4) is 27.9 Å². The molecule has 0 radical (unpaired) electrons. The molecule has 0 bridgehead atoms. The molecule has 8 heteroatoms. The third-order valence-electron chi connectivity index (χ3n) is 6.87. The number of hydrogen-bond acceptors (Lipinski definition) is 7. The standard InChI is InChI=1S/C32H27N7O/c1-20-16-22(13-15-35-20)26-12-6-8-23-17-28(39(31(40)29(23)26)25-10-4-3-5-11-25)21(2)37-30-27(19-36-32(33)38-30)24-9-7-14-34-18-24/h3-19,21H,1-2H3,(H3,33,36,37,38)/t21-/m0/s1. The molecule has 2 aromatic carbocycles. The van der Waals surface area contributed by atoms with Crippen LogP contribution in [0.2, 0.25) is 0 Å². The summed E-state index contributed by atoms with van der Waals surface area (Å²) in [6, 6.07) is 25.1. The zero-order valence-electron chi connectivity index (χ0n) is 22.1. The van der Waals surface area contributed by atoms with Gasteiger partial charge in [-0.1, -0.05) is 42.5 Å². The monoisotopic (exact) mass is 525 g/mol. The predicted octanol–water partition coefficient (Wildman–Crippen LogP) is 5.97. The highest BCUT2D eigenvalue weighted by atomic mass is 16.1. The van der Waals surface area contributed by atoms with Crippen molar-refractivity contribution in [2.45, 2.75) is 19.9 Å². The van der Waals surface area contributed by atoms with Crippen LogP contribution in [0.25, 0.3) is 38.7 Å². The van der Waals surface area contributed by atoms with Crippen LogP contribution < -0.4 is 16.6 Å². The van der Waals surface area contributed by atoms with Crippen LogP contribution in [0, 0.1) is 6.92 Å². The fraction of sp³-hybridized carbons (Fsp3) is 0.0938. The van der Waals surface area contributed by atoms with Crippen molar-refractivity contribution in [2.75, 3.05) is 11.1 Å². The summed E-state index contributed by atoms with van der Waals surface area (Å²) >= 11 is 0. The van der Waals surface area contributed by atoms with Gasteiger partial charge in [-0.05, 0) is 66.8 Å². The molecule has 3 N–H and O–H groups in total. The number of rotatable bonds is 6. The summed E-state index contributed by atoms with van der Waals surface area (Å²) < 4.78 is 1.77. The van der Waals surface area contributed by atoms with E-state index in [1.807, 2.05) is 86.6 Å². The molecule has 196 valence electrons. The van der Waals surface area contributed by atoms with Crippen molar-refractivity contribution in [3.63, 3.8) is 0 Å². The first-order valence-corrected chi connectivity index (χ1v) is 13.0. The van der Waals surface area contributed by atoms with Gasteiger partial charge in [-0.25, -0.2) is 4.98 Å². The summed E-state index contributed by atoms with van der Waals surface area (Å²) in [7, 11) is 0. The Morgan fingerprint density at radius 3 is 2.48 bits per heavy atom. The lowest BCUT2D eigenvalue weighted by Gasteiger charge is -2.23. The van der Waals surface area contributed by atoms with Crippen molar-refractivity contribution >= 4 is 22.5 Å². The van der Waals surface area contributed by atoms with Crippen molar-refractivity contribution in [1.82, 2.24) is 24.5 Å². The number of benzene rings is 2. The van der Waals surface area contributed by atoms with E-state index in [0.717, 1.165) is 44.7 Å². The SMILES string of the molecule is Cc1cc(-c2cccc3cc([C@H](C)Nc4nc(N)ncc4-c4cccnc4)n(-c4ccccc4)c(=O)c23)ccn1. The summed E-state index contributed by atoms with van der Waals surface area (Å²) in [5.41, 5.74) is 11.8. The molecule has 0 unspecified atom stereocenters. The van der Waals surface area contributed by atoms with E-state index >= 15 is 0 Å². The van der Waals surface area contributed by atoms with Gasteiger partial charge < -0.3 is 11.1 Å². The lowest BCUT2D eigenvalue weighted by Crippen LogP contribution is -2.26. The molecule has 0 aliphatic rings. The van der Waals surface area contributed by atoms with Gasteiger partial charge >= 0.3 is 0 Å². The van der Waals surface area contributed by atoms with Gasteiger partial charge in [0.15, 0.2) is 0 Å². The minimum absolute atomic E-state index is 0.105. The van der Waals surface area contributed by atoms with Crippen molar-refractivity contribution in [2.24, 2.45) is 0 Å². The average Bonchev–Trinajstić information content (AvgIpc) is 2.97. The second-order valence-electron chi connectivity index (χ2n) is 9.60. The topological polar surface area (TPSA) is 112 Å². The van der Waals surface area contributed by atoms with E-state index in [1.54, 1.807) is 29.4 Å². The molecular weight excluding hydrogens is 498 g/mol. The molecule has 0 fully saturated rings. The van der Waals surface area contributed by atoms with Gasteiger partial charge in [0.05, 0.1) is 11.4 Å². The molecule has 0 aliphatic carbocycles. The summed E-state index contributed by atoms with van der Waals surface area (Å²) in [6.07, 6.45) is 6.92. The van der Waals surface area contributed by atoms with E-state index in [1.165, 1.54) is 0 Å². The number of anilines is 2. The molecule has 4 heterocycles. The zero-order valence-corrected chi connectivity index (χ0v) is 22.1. The fourth-order valence-electron chi connectivity index (χ4n) is 5.02. The Bertz CT molecular complexity index is 1890. The van der Waals surface area contributed by atoms with Gasteiger partial charge in [-0.2, -0.15) is 4.98 Å². The number of para-hydroxylation sites is 1. The first-order valence-electron chi connectivity index (χ1n) is 13.0. The number of aryl methyl sites for hydroxylation is 1. The van der Waals surface area contributed by atoms with Gasteiger partial charge in [0.2, 0.25) is 5.95 Å². The molecule has 1 atom stereocenters. The summed E-state index contributed by atoms with van der Waals surface area (Å²) in [5.74, 6) is 0.708. The van der Waals surface area contributed by atoms with Crippen LogP contribution in [0.15, 0.2) is 108 Å². The molecule has 0 spiro atoms. The Kier molecular flexibility index (Phi) is 6.49. The van der Waals surface area contributed by atoms with Crippen molar-refractivity contribution in [1.29, 1.82) is 0 Å². The maximum Gasteiger partial charge on any atom is 0.263 e. The third-order valence-corrected chi connectivity index (χ3v) is 6.87. The molecule has 40 heavy (non-hydrogen) atoms. The van der Waals surface area contributed by atoms with E-state index < -0.39 is 0 Å². The number of fused-ring (bicyclic) bond motifs is 1. The normalized spacial score (nSPS) is 11.8. The summed E-state index contributed by atoms with van der Waals surface area (Å²) in [4.78, 5) is 31.7. The number of nitrogens with one attached hydrogen (secondary N) is 1. The van der Waals surface area contributed by atoms with E-state index in [0.29, 0.717) is 11.2 Å². The second kappa shape index (κ2) is 10.4. The van der Waals surface area contributed by atoms with E-state index in [2.05, 4.69) is 31.3 Å². The van der Waals surface area contributed by atoms with Crippen LogP contribution >= 0.6 is 0 Å². The van der Waals surface area contributed by atoms with Gasteiger partial charge in [0.1, 0.15) is 5.82 Å². The second-order valence-corrected chi connectivity index (χ2v) is 9.60. The number of nitrogen functional groups attached to an aromatic ring is 1. The van der Waals surface area contributed by atoms with E-state index in [9.17, 15) is 4.79 Å². The summed E-state index contributed by atoms with van der Waals surface area (Å²) in [6.45, 7) is 3.95. The van der Waals surface area contributed by atoms with Crippen LogP contribution in [-0.2, 0) is 0 Å². The number of nitrogens with zero attached hydrogens (tertiary/aromatic N) is 5. The fourth-order valence-corrected chi connectivity index (χ4v) is 5.02. The highest BCUT2D eigenvalue weighted by Crippen LogP contribution is 2.32. The van der Waals surface area contributed by atoms with Gasteiger partial charge in [0.25, 0.3) is 5.56 Å². The highest BCUT2D eigenvalue weighted by molar-refractivity contribution is 5.96. The lowest BCUT2D eigenvalue weighted by atomic mass is 9.98. The van der Waals surface area contributed by atoms with Crippen molar-refractivity contribution in [3.05, 3.63) is 125 Å². The molecular formula is C32H27N7O. The minimum Gasteiger partial charge on any atom is -0.368 e. The largest absolute Gasteiger partial charge is 0.368 e. The van der Waals surface area contributed by atoms with Crippen LogP contribution in [0.5, 0.6) is 0 Å². The highest BCUT2D eigenvalue weighted by Gasteiger charge is 2.20. The number of aromatic nitrogens is 5. The number of pyridine rings is 3. The Morgan fingerprint density at radius 2 is 1.70 bits per heavy atom. The van der Waals surface area contributed by atoms with Crippen LogP contribution in [0.1, 0.15) is 24.4 Å². The van der Waals surface area contributed by atoms with Gasteiger partial charge in [0, 0.05) is 53.0 Å². The molecule has 0 saturated heterocycles. The summed E-state index contributed by atoms with van der Waals surface area (Å²) in [5, 5.41) is 4.99. The average molecular weight is 526 g/mol. The first kappa shape index (κ1) is 24.9. The molecule has 4 aromatic heterocycles. The smallest absolute Gasteiger partial charge is 0.263 e. The Hall–Kier alpha value is -5.37. The molecule has 0 saturated carbocycles. The van der Waals surface area contributed by atoms with Crippen LogP contribution in [0.4, 0.5) is 11.8 Å². The molecule has 6 rings (SSSR count). The van der Waals surface area contributed by atoms with E-state index in [4.69, 9.17) is 5.73 Å². The predicted molar refractivity (Wildman–Crippen MR) is 159 cm³/mol. The van der Waals surface area contributed by atoms with Gasteiger partial charge in [-0.3, -0.25) is 19.3 Å². The van der Waals surface area contributed by atoms with Crippen LogP contribution in [-0.4, -0.2) is 24.5 Å². The molecule has 0 aliphatic heterocycles. The Labute approximate surface area is 231 Å². The Balaban J connectivity index is 1.54. The minimum atomic E-state index is -0.325.